The van der Waals surface area contributed by atoms with Crippen molar-refractivity contribution in [3.05, 3.63) is 41.7 Å². The van der Waals surface area contributed by atoms with Gasteiger partial charge in [0.15, 0.2) is 0 Å². The molecule has 0 bridgehead atoms. The number of sulfonamides is 1. The van der Waals surface area contributed by atoms with Crippen molar-refractivity contribution in [2.45, 2.75) is 31.6 Å². The Bertz CT molecular complexity index is 864. The van der Waals surface area contributed by atoms with E-state index < -0.39 is 10.0 Å². The summed E-state index contributed by atoms with van der Waals surface area (Å²) in [5, 5.41) is 3.18. The molecule has 1 aromatic heterocycles. The Kier molecular flexibility index (Phi) is 5.73. The SMILES string of the molecule is Cc1cccc(S(=O)(=O)NCCNc2cc(N3CCCC3)nc(C)n2)c1. The molecule has 2 aromatic rings. The van der Waals surface area contributed by atoms with Crippen LogP contribution in [0, 0.1) is 13.8 Å². The van der Waals surface area contributed by atoms with Crippen molar-refractivity contribution >= 4 is 21.7 Å². The van der Waals surface area contributed by atoms with E-state index in [2.05, 4.69) is 24.9 Å². The summed E-state index contributed by atoms with van der Waals surface area (Å²) in [5.74, 6) is 2.35. The molecule has 7 nitrogen and oxygen atoms in total. The molecule has 1 aliphatic heterocycles. The van der Waals surface area contributed by atoms with E-state index in [1.54, 1.807) is 18.2 Å². The van der Waals surface area contributed by atoms with Gasteiger partial charge in [-0.3, -0.25) is 0 Å². The van der Waals surface area contributed by atoms with Gasteiger partial charge in [-0.05, 0) is 44.4 Å². The lowest BCUT2D eigenvalue weighted by molar-refractivity contribution is 0.582. The van der Waals surface area contributed by atoms with E-state index in [0.717, 1.165) is 24.5 Å². The first-order chi connectivity index (χ1) is 12.4. The summed E-state index contributed by atoms with van der Waals surface area (Å²) in [4.78, 5) is 11.4. The van der Waals surface area contributed by atoms with Crippen LogP contribution in [0.4, 0.5) is 11.6 Å². The van der Waals surface area contributed by atoms with Crippen molar-refractivity contribution in [1.29, 1.82) is 0 Å². The molecule has 0 spiro atoms. The van der Waals surface area contributed by atoms with Gasteiger partial charge in [-0.15, -0.1) is 0 Å². The third-order valence-electron chi connectivity index (χ3n) is 4.28. The van der Waals surface area contributed by atoms with Crippen LogP contribution in [0.1, 0.15) is 24.2 Å². The molecule has 2 heterocycles. The Morgan fingerprint density at radius 1 is 1.08 bits per heavy atom. The summed E-state index contributed by atoms with van der Waals surface area (Å²) in [7, 11) is -3.50. The fourth-order valence-electron chi connectivity index (χ4n) is 2.99. The van der Waals surface area contributed by atoms with Crippen molar-refractivity contribution in [1.82, 2.24) is 14.7 Å². The highest BCUT2D eigenvalue weighted by Crippen LogP contribution is 2.20. The monoisotopic (exact) mass is 375 g/mol. The Balaban J connectivity index is 1.56. The zero-order valence-corrected chi connectivity index (χ0v) is 16.0. The van der Waals surface area contributed by atoms with Crippen LogP contribution in [0.3, 0.4) is 0 Å². The summed E-state index contributed by atoms with van der Waals surface area (Å²) in [5.41, 5.74) is 0.914. The summed E-state index contributed by atoms with van der Waals surface area (Å²) in [6.45, 7) is 6.50. The predicted molar refractivity (Wildman–Crippen MR) is 103 cm³/mol. The predicted octanol–water partition coefficient (Wildman–Crippen LogP) is 2.08. The van der Waals surface area contributed by atoms with Crippen LogP contribution in [0.15, 0.2) is 35.2 Å². The van der Waals surface area contributed by atoms with Crippen LogP contribution >= 0.6 is 0 Å². The van der Waals surface area contributed by atoms with Gasteiger partial charge in [0.1, 0.15) is 17.5 Å². The molecule has 26 heavy (non-hydrogen) atoms. The number of hydrogen-bond donors (Lipinski definition) is 2. The number of anilines is 2. The first-order valence-corrected chi connectivity index (χ1v) is 10.3. The quantitative estimate of drug-likeness (QED) is 0.721. The second kappa shape index (κ2) is 8.01. The van der Waals surface area contributed by atoms with Gasteiger partial charge in [0.05, 0.1) is 4.90 Å². The maximum atomic E-state index is 12.3. The molecule has 0 amide bonds. The molecule has 0 atom stereocenters. The highest BCUT2D eigenvalue weighted by molar-refractivity contribution is 7.89. The van der Waals surface area contributed by atoms with E-state index in [0.29, 0.717) is 18.2 Å². The van der Waals surface area contributed by atoms with Gasteiger partial charge in [-0.1, -0.05) is 12.1 Å². The highest BCUT2D eigenvalue weighted by atomic mass is 32.2. The lowest BCUT2D eigenvalue weighted by atomic mass is 10.2. The van der Waals surface area contributed by atoms with Crippen molar-refractivity contribution in [2.75, 3.05) is 36.4 Å². The second-order valence-electron chi connectivity index (χ2n) is 6.49. The lowest BCUT2D eigenvalue weighted by Gasteiger charge is -2.17. The Morgan fingerprint density at radius 3 is 2.58 bits per heavy atom. The molecule has 1 aliphatic rings. The number of benzene rings is 1. The Morgan fingerprint density at radius 2 is 1.85 bits per heavy atom. The molecule has 3 rings (SSSR count). The molecular formula is C18H25N5O2S. The van der Waals surface area contributed by atoms with Gasteiger partial charge in [-0.2, -0.15) is 0 Å². The largest absolute Gasteiger partial charge is 0.369 e. The van der Waals surface area contributed by atoms with Gasteiger partial charge in [0, 0.05) is 32.2 Å². The third-order valence-corrected chi connectivity index (χ3v) is 5.74. The number of aromatic nitrogens is 2. The van der Waals surface area contributed by atoms with E-state index in [1.165, 1.54) is 12.8 Å². The molecule has 0 unspecified atom stereocenters. The minimum atomic E-state index is -3.50. The molecule has 1 fully saturated rings. The molecule has 0 aliphatic carbocycles. The summed E-state index contributed by atoms with van der Waals surface area (Å²) in [6, 6.07) is 8.79. The smallest absolute Gasteiger partial charge is 0.240 e. The van der Waals surface area contributed by atoms with Crippen LogP contribution in [0.25, 0.3) is 0 Å². The van der Waals surface area contributed by atoms with Crippen molar-refractivity contribution in [2.24, 2.45) is 0 Å². The average molecular weight is 375 g/mol. The molecule has 2 N–H and O–H groups in total. The minimum Gasteiger partial charge on any atom is -0.369 e. The highest BCUT2D eigenvalue weighted by Gasteiger charge is 2.15. The Hall–Kier alpha value is -2.19. The lowest BCUT2D eigenvalue weighted by Crippen LogP contribution is -2.29. The topological polar surface area (TPSA) is 87.2 Å². The van der Waals surface area contributed by atoms with Crippen LogP contribution < -0.4 is 14.9 Å². The summed E-state index contributed by atoms with van der Waals surface area (Å²) >= 11 is 0. The zero-order chi connectivity index (χ0) is 18.6. The van der Waals surface area contributed by atoms with Crippen LogP contribution in [-0.2, 0) is 10.0 Å². The fraction of sp³-hybridized carbons (Fsp3) is 0.444. The van der Waals surface area contributed by atoms with E-state index in [1.807, 2.05) is 26.0 Å². The van der Waals surface area contributed by atoms with Crippen molar-refractivity contribution in [3.8, 4) is 0 Å². The van der Waals surface area contributed by atoms with E-state index >= 15 is 0 Å². The molecule has 140 valence electrons. The molecule has 1 saturated heterocycles. The first-order valence-electron chi connectivity index (χ1n) is 8.85. The van der Waals surface area contributed by atoms with E-state index in [9.17, 15) is 8.42 Å². The maximum absolute atomic E-state index is 12.3. The summed E-state index contributed by atoms with van der Waals surface area (Å²) in [6.07, 6.45) is 2.37. The molecule has 8 heteroatoms. The van der Waals surface area contributed by atoms with Gasteiger partial charge in [0.25, 0.3) is 0 Å². The van der Waals surface area contributed by atoms with Gasteiger partial charge >= 0.3 is 0 Å². The maximum Gasteiger partial charge on any atom is 0.240 e. The minimum absolute atomic E-state index is 0.276. The second-order valence-corrected chi connectivity index (χ2v) is 8.26. The van der Waals surface area contributed by atoms with Gasteiger partial charge in [0.2, 0.25) is 10.0 Å². The van der Waals surface area contributed by atoms with E-state index in [-0.39, 0.29) is 11.4 Å². The molecular weight excluding hydrogens is 350 g/mol. The average Bonchev–Trinajstić information content (AvgIpc) is 3.13. The Labute approximate surface area is 154 Å². The first kappa shape index (κ1) is 18.6. The number of rotatable bonds is 7. The van der Waals surface area contributed by atoms with Crippen LogP contribution in [-0.4, -0.2) is 44.6 Å². The third kappa shape index (κ3) is 4.70. The molecule has 1 aromatic carbocycles. The van der Waals surface area contributed by atoms with Crippen LogP contribution in [0.5, 0.6) is 0 Å². The fourth-order valence-corrected chi connectivity index (χ4v) is 4.13. The summed E-state index contributed by atoms with van der Waals surface area (Å²) < 4.78 is 27.2. The number of nitrogens with zero attached hydrogens (tertiary/aromatic N) is 3. The van der Waals surface area contributed by atoms with Crippen molar-refractivity contribution in [3.63, 3.8) is 0 Å². The number of hydrogen-bond acceptors (Lipinski definition) is 6. The van der Waals surface area contributed by atoms with Crippen molar-refractivity contribution < 1.29 is 8.42 Å². The number of aryl methyl sites for hydroxylation is 2. The molecule has 0 radical (unpaired) electrons. The standard InChI is InChI=1S/C18H25N5O2S/c1-14-6-5-7-16(12-14)26(24,25)20-9-8-19-17-13-18(22-15(2)21-17)23-10-3-4-11-23/h5-7,12-13,20H,3-4,8-11H2,1-2H3,(H,19,21,22). The normalized spacial score (nSPS) is 14.6. The molecule has 0 saturated carbocycles. The van der Waals surface area contributed by atoms with Gasteiger partial charge in [-0.25, -0.2) is 23.1 Å². The van der Waals surface area contributed by atoms with E-state index in [4.69, 9.17) is 0 Å². The zero-order valence-electron chi connectivity index (χ0n) is 15.2. The van der Waals surface area contributed by atoms with Crippen LogP contribution in [0.2, 0.25) is 0 Å². The number of nitrogens with one attached hydrogen (secondary N) is 2. The van der Waals surface area contributed by atoms with Gasteiger partial charge < -0.3 is 10.2 Å².